The van der Waals surface area contributed by atoms with Crippen molar-refractivity contribution in [3.63, 3.8) is 0 Å². The van der Waals surface area contributed by atoms with Crippen molar-refractivity contribution in [2.24, 2.45) is 0 Å². The number of carboxylic acid groups (broad SMARTS) is 1. The molecule has 9 nitrogen and oxygen atoms in total. The van der Waals surface area contributed by atoms with Crippen molar-refractivity contribution >= 4 is 11.8 Å². The van der Waals surface area contributed by atoms with Gasteiger partial charge in [0.25, 0.3) is 5.89 Å². The number of alkyl halides is 3. The number of nitrogen functional groups attached to an aromatic ring is 1. The summed E-state index contributed by atoms with van der Waals surface area (Å²) in [5.74, 6) is -1.28. The minimum Gasteiger partial charge on any atom is -0.481 e. The Morgan fingerprint density at radius 3 is 2.55 bits per heavy atom. The fourth-order valence-corrected chi connectivity index (χ4v) is 3.16. The molecule has 0 saturated heterocycles. The van der Waals surface area contributed by atoms with Gasteiger partial charge in [-0.05, 0) is 42.3 Å². The summed E-state index contributed by atoms with van der Waals surface area (Å²) >= 11 is 0. The lowest BCUT2D eigenvalue weighted by Gasteiger charge is -2.09. The number of halogens is 3. The summed E-state index contributed by atoms with van der Waals surface area (Å²) in [7, 11) is 0. The standard InChI is InChI=1S/C21H17F3N6O3/c22-21(23,24)14-4-2-13(3-5-14)19-28-18(29-33-19)10-30-9-16(27-11-30)15(20(31)32)7-12-1-6-17(25)26-8-12/h1-6,8-9,11,15H,7,10H2,(H2,25,26)(H,31,32). The van der Waals surface area contributed by atoms with Crippen LogP contribution < -0.4 is 5.73 Å². The Morgan fingerprint density at radius 2 is 1.91 bits per heavy atom. The van der Waals surface area contributed by atoms with Crippen LogP contribution in [0.4, 0.5) is 19.0 Å². The molecule has 4 rings (SSSR count). The molecule has 0 saturated carbocycles. The summed E-state index contributed by atoms with van der Waals surface area (Å²) in [6.45, 7) is 0.132. The highest BCUT2D eigenvalue weighted by Crippen LogP contribution is 2.30. The Labute approximate surface area is 184 Å². The van der Waals surface area contributed by atoms with Gasteiger partial charge in [0.15, 0.2) is 5.82 Å². The van der Waals surface area contributed by atoms with Crippen molar-refractivity contribution in [3.05, 3.63) is 77.8 Å². The van der Waals surface area contributed by atoms with E-state index in [0.717, 1.165) is 12.1 Å². The van der Waals surface area contributed by atoms with Gasteiger partial charge in [0, 0.05) is 18.0 Å². The van der Waals surface area contributed by atoms with Gasteiger partial charge in [-0.1, -0.05) is 11.2 Å². The molecule has 12 heteroatoms. The van der Waals surface area contributed by atoms with Gasteiger partial charge in [-0.2, -0.15) is 18.2 Å². The number of nitrogens with zero attached hydrogens (tertiary/aromatic N) is 5. The third-order valence-electron chi connectivity index (χ3n) is 4.85. The average molecular weight is 458 g/mol. The van der Waals surface area contributed by atoms with E-state index in [1.807, 2.05) is 0 Å². The smallest absolute Gasteiger partial charge is 0.416 e. The summed E-state index contributed by atoms with van der Waals surface area (Å²) in [5.41, 5.74) is 6.16. The average Bonchev–Trinajstić information content (AvgIpc) is 3.43. The monoisotopic (exact) mass is 458 g/mol. The highest BCUT2D eigenvalue weighted by Gasteiger charge is 2.30. The number of hydrogen-bond acceptors (Lipinski definition) is 7. The lowest BCUT2D eigenvalue weighted by Crippen LogP contribution is -2.15. The minimum absolute atomic E-state index is 0.0679. The van der Waals surface area contributed by atoms with E-state index in [2.05, 4.69) is 20.1 Å². The van der Waals surface area contributed by atoms with E-state index in [-0.39, 0.29) is 24.7 Å². The van der Waals surface area contributed by atoms with Gasteiger partial charge in [0.1, 0.15) is 11.7 Å². The van der Waals surface area contributed by atoms with Crippen molar-refractivity contribution in [2.45, 2.75) is 25.1 Å². The molecule has 0 fully saturated rings. The highest BCUT2D eigenvalue weighted by atomic mass is 19.4. The molecule has 0 aliphatic heterocycles. The summed E-state index contributed by atoms with van der Waals surface area (Å²) in [6, 6.07) is 7.67. The van der Waals surface area contributed by atoms with Gasteiger partial charge < -0.3 is 19.9 Å². The van der Waals surface area contributed by atoms with Gasteiger partial charge in [0.2, 0.25) is 0 Å². The van der Waals surface area contributed by atoms with E-state index in [9.17, 15) is 23.1 Å². The Hall–Kier alpha value is -4.22. The van der Waals surface area contributed by atoms with Crippen LogP contribution in [-0.4, -0.2) is 35.8 Å². The molecule has 0 bridgehead atoms. The molecule has 0 spiro atoms. The molecule has 1 aromatic carbocycles. The maximum atomic E-state index is 12.7. The molecule has 0 radical (unpaired) electrons. The number of imidazole rings is 1. The molecule has 3 N–H and O–H groups in total. The van der Waals surface area contributed by atoms with Crippen LogP contribution in [0.3, 0.4) is 0 Å². The summed E-state index contributed by atoms with van der Waals surface area (Å²) in [5, 5.41) is 13.5. The Balaban J connectivity index is 1.46. The number of nitrogens with two attached hydrogens (primary N) is 1. The first kappa shape index (κ1) is 22.0. The van der Waals surface area contributed by atoms with Crippen LogP contribution in [0.25, 0.3) is 11.5 Å². The van der Waals surface area contributed by atoms with E-state index in [0.29, 0.717) is 22.6 Å². The largest absolute Gasteiger partial charge is 0.481 e. The fourth-order valence-electron chi connectivity index (χ4n) is 3.16. The second-order valence-corrected chi connectivity index (χ2v) is 7.25. The number of aromatic nitrogens is 5. The number of carbonyl (C=O) groups is 1. The number of aliphatic carboxylic acids is 1. The molecule has 3 aromatic heterocycles. The maximum Gasteiger partial charge on any atom is 0.416 e. The first-order valence-corrected chi connectivity index (χ1v) is 9.64. The van der Waals surface area contributed by atoms with Gasteiger partial charge in [0.05, 0.1) is 24.1 Å². The molecule has 0 amide bonds. The molecule has 0 aliphatic rings. The first-order valence-electron chi connectivity index (χ1n) is 9.64. The zero-order valence-electron chi connectivity index (χ0n) is 16.9. The maximum absolute atomic E-state index is 12.7. The quantitative estimate of drug-likeness (QED) is 0.431. The molecular formula is C21H17F3N6O3. The van der Waals surface area contributed by atoms with Crippen molar-refractivity contribution in [2.75, 3.05) is 5.73 Å². The van der Waals surface area contributed by atoms with Gasteiger partial charge >= 0.3 is 12.1 Å². The summed E-state index contributed by atoms with van der Waals surface area (Å²) in [4.78, 5) is 24.1. The van der Waals surface area contributed by atoms with E-state index >= 15 is 0 Å². The molecule has 4 aromatic rings. The highest BCUT2D eigenvalue weighted by molar-refractivity contribution is 5.75. The Morgan fingerprint density at radius 1 is 1.15 bits per heavy atom. The number of rotatable bonds is 7. The van der Waals surface area contributed by atoms with Crippen molar-refractivity contribution < 1.29 is 27.6 Å². The van der Waals surface area contributed by atoms with Crippen molar-refractivity contribution in [1.82, 2.24) is 24.7 Å². The molecule has 3 heterocycles. The number of anilines is 1. The Bertz CT molecular complexity index is 1250. The van der Waals surface area contributed by atoms with Crippen LogP contribution in [0.1, 0.15) is 28.6 Å². The van der Waals surface area contributed by atoms with Crippen LogP contribution in [0.15, 0.2) is 59.6 Å². The molecule has 1 unspecified atom stereocenters. The number of carboxylic acids is 1. The Kier molecular flexibility index (Phi) is 5.82. The molecular weight excluding hydrogens is 441 g/mol. The zero-order valence-corrected chi connectivity index (χ0v) is 16.9. The topological polar surface area (TPSA) is 133 Å². The normalized spacial score (nSPS) is 12.6. The number of benzene rings is 1. The third-order valence-corrected chi connectivity index (χ3v) is 4.85. The number of pyridine rings is 1. The first-order chi connectivity index (χ1) is 15.7. The molecule has 1 atom stereocenters. The zero-order chi connectivity index (χ0) is 23.6. The van der Waals surface area contributed by atoms with E-state index in [4.69, 9.17) is 10.3 Å². The van der Waals surface area contributed by atoms with Gasteiger partial charge in [-0.25, -0.2) is 9.97 Å². The van der Waals surface area contributed by atoms with E-state index < -0.39 is 23.6 Å². The third kappa shape index (κ3) is 5.17. The summed E-state index contributed by atoms with van der Waals surface area (Å²) in [6.07, 6.45) is 0.276. The van der Waals surface area contributed by atoms with Crippen LogP contribution >= 0.6 is 0 Å². The van der Waals surface area contributed by atoms with E-state index in [1.165, 1.54) is 24.7 Å². The van der Waals surface area contributed by atoms with Crippen LogP contribution in [0.2, 0.25) is 0 Å². The SMILES string of the molecule is Nc1ccc(CC(C(=O)O)c2cn(Cc3noc(-c4ccc(C(F)(F)F)cc4)n3)cn2)cn1. The number of hydrogen-bond donors (Lipinski definition) is 2. The lowest BCUT2D eigenvalue weighted by molar-refractivity contribution is -0.139. The fraction of sp³-hybridized carbons (Fsp3) is 0.190. The predicted octanol–water partition coefficient (Wildman–Crippen LogP) is 3.39. The van der Waals surface area contributed by atoms with Gasteiger partial charge in [-0.15, -0.1) is 0 Å². The lowest BCUT2D eigenvalue weighted by atomic mass is 9.98. The van der Waals surface area contributed by atoms with Crippen LogP contribution in [0.5, 0.6) is 0 Å². The second kappa shape index (κ2) is 8.73. The van der Waals surface area contributed by atoms with Crippen LogP contribution in [-0.2, 0) is 23.9 Å². The molecule has 33 heavy (non-hydrogen) atoms. The molecule has 0 aliphatic carbocycles. The van der Waals surface area contributed by atoms with Crippen molar-refractivity contribution in [1.29, 1.82) is 0 Å². The van der Waals surface area contributed by atoms with Crippen molar-refractivity contribution in [3.8, 4) is 11.5 Å². The summed E-state index contributed by atoms with van der Waals surface area (Å²) < 4.78 is 44.9. The van der Waals surface area contributed by atoms with Gasteiger partial charge in [-0.3, -0.25) is 4.79 Å². The predicted molar refractivity (Wildman–Crippen MR) is 109 cm³/mol. The minimum atomic E-state index is -4.43. The molecule has 170 valence electrons. The van der Waals surface area contributed by atoms with Crippen LogP contribution in [0, 0.1) is 0 Å². The van der Waals surface area contributed by atoms with E-state index in [1.54, 1.807) is 22.9 Å². The second-order valence-electron chi connectivity index (χ2n) is 7.25.